The van der Waals surface area contributed by atoms with Crippen molar-refractivity contribution in [3.8, 4) is 0 Å². The van der Waals surface area contributed by atoms with Crippen LogP contribution in [0.2, 0.25) is 0 Å². The summed E-state index contributed by atoms with van der Waals surface area (Å²) in [5.74, 6) is -0.0256. The number of carbonyl (C=O) groups is 2. The molecule has 1 aliphatic heterocycles. The van der Waals surface area contributed by atoms with Crippen LogP contribution in [0.4, 0.5) is 0 Å². The average molecular weight is 235 g/mol. The maximum Gasteiger partial charge on any atom is 0.225 e. The molecule has 1 atom stereocenters. The number of piperidine rings is 1. The predicted octanol–water partition coefficient (Wildman–Crippen LogP) is 0.167. The number of hydrogen-bond donors (Lipinski definition) is 2. The molecule has 0 bridgehead atoms. The van der Waals surface area contributed by atoms with Crippen LogP contribution < -0.4 is 10.6 Å². The third-order valence-electron chi connectivity index (χ3n) is 3.00. The van der Waals surface area contributed by atoms with E-state index in [1.54, 1.807) is 0 Å². The van der Waals surface area contributed by atoms with Crippen LogP contribution in [0.15, 0.2) is 18.5 Å². The second-order valence-electron chi connectivity index (χ2n) is 4.44. The van der Waals surface area contributed by atoms with Gasteiger partial charge in [-0.3, -0.25) is 9.59 Å². The Morgan fingerprint density at radius 1 is 1.65 bits per heavy atom. The summed E-state index contributed by atoms with van der Waals surface area (Å²) in [7, 11) is 1.95. The highest BCUT2D eigenvalue weighted by Gasteiger charge is 2.23. The second-order valence-corrected chi connectivity index (χ2v) is 4.44. The summed E-state index contributed by atoms with van der Waals surface area (Å²) in [6, 6.07) is 1.98. The number of amides is 2. The van der Waals surface area contributed by atoms with Crippen molar-refractivity contribution < 1.29 is 9.59 Å². The fourth-order valence-electron chi connectivity index (χ4n) is 1.96. The number of carbonyl (C=O) groups excluding carboxylic acids is 2. The first-order chi connectivity index (χ1) is 8.15. The van der Waals surface area contributed by atoms with Gasteiger partial charge in [-0.15, -0.1) is 0 Å². The normalized spacial score (nSPS) is 19.8. The van der Waals surface area contributed by atoms with Gasteiger partial charge < -0.3 is 15.2 Å². The largest absolute Gasteiger partial charge is 0.357 e. The minimum Gasteiger partial charge on any atom is -0.357 e. The van der Waals surface area contributed by atoms with E-state index in [1.807, 2.05) is 30.1 Å². The van der Waals surface area contributed by atoms with E-state index in [0.717, 1.165) is 5.56 Å². The van der Waals surface area contributed by atoms with Gasteiger partial charge in [-0.25, -0.2) is 0 Å². The molecule has 2 amide bonds. The van der Waals surface area contributed by atoms with Gasteiger partial charge in [-0.05, 0) is 18.1 Å². The van der Waals surface area contributed by atoms with Crippen molar-refractivity contribution in [2.45, 2.75) is 19.4 Å². The quantitative estimate of drug-likeness (QED) is 0.784. The van der Waals surface area contributed by atoms with Crippen molar-refractivity contribution in [3.63, 3.8) is 0 Å². The van der Waals surface area contributed by atoms with E-state index in [2.05, 4.69) is 10.6 Å². The molecule has 2 rings (SSSR count). The predicted molar refractivity (Wildman–Crippen MR) is 63.0 cm³/mol. The molecular weight excluding hydrogens is 218 g/mol. The van der Waals surface area contributed by atoms with E-state index in [-0.39, 0.29) is 17.7 Å². The molecule has 17 heavy (non-hydrogen) atoms. The number of hydrogen-bond acceptors (Lipinski definition) is 2. The Balaban J connectivity index is 1.79. The van der Waals surface area contributed by atoms with Gasteiger partial charge in [0.05, 0.1) is 5.92 Å². The van der Waals surface area contributed by atoms with Crippen LogP contribution in [0.1, 0.15) is 18.4 Å². The van der Waals surface area contributed by atoms with Crippen molar-refractivity contribution in [3.05, 3.63) is 24.0 Å². The fraction of sp³-hybridized carbons (Fsp3) is 0.500. The summed E-state index contributed by atoms with van der Waals surface area (Å²) in [5, 5.41) is 5.60. The van der Waals surface area contributed by atoms with Crippen molar-refractivity contribution in [1.82, 2.24) is 15.2 Å². The standard InChI is InChI=1S/C12H17N3O2/c1-15-5-4-9(8-15)6-14-12(17)10-2-3-11(16)13-7-10/h4-5,8,10H,2-3,6-7H2,1H3,(H,13,16)(H,14,17). The smallest absolute Gasteiger partial charge is 0.225 e. The van der Waals surface area contributed by atoms with Crippen molar-refractivity contribution >= 4 is 11.8 Å². The van der Waals surface area contributed by atoms with Crippen LogP contribution in [0.25, 0.3) is 0 Å². The van der Waals surface area contributed by atoms with Crippen molar-refractivity contribution in [1.29, 1.82) is 0 Å². The minimum atomic E-state index is -0.0867. The van der Waals surface area contributed by atoms with Gasteiger partial charge in [0.15, 0.2) is 0 Å². The summed E-state index contributed by atoms with van der Waals surface area (Å²) in [6.45, 7) is 1.00. The Bertz CT molecular complexity index is 415. The molecule has 1 aromatic rings. The van der Waals surface area contributed by atoms with Crippen molar-refractivity contribution in [2.75, 3.05) is 6.54 Å². The molecule has 0 radical (unpaired) electrons. The summed E-state index contributed by atoms with van der Waals surface area (Å²) in [4.78, 5) is 22.8. The highest BCUT2D eigenvalue weighted by Crippen LogP contribution is 2.11. The number of aromatic nitrogens is 1. The molecule has 5 nitrogen and oxygen atoms in total. The molecule has 1 unspecified atom stereocenters. The maximum absolute atomic E-state index is 11.8. The summed E-state index contributed by atoms with van der Waals surface area (Å²) >= 11 is 0. The van der Waals surface area contributed by atoms with Crippen LogP contribution in [-0.2, 0) is 23.2 Å². The van der Waals surface area contributed by atoms with Gasteiger partial charge in [-0.1, -0.05) is 0 Å². The third-order valence-corrected chi connectivity index (χ3v) is 3.00. The van der Waals surface area contributed by atoms with Crippen LogP contribution in [-0.4, -0.2) is 22.9 Å². The topological polar surface area (TPSA) is 63.1 Å². The highest BCUT2D eigenvalue weighted by molar-refractivity contribution is 5.83. The lowest BCUT2D eigenvalue weighted by molar-refractivity contribution is -0.129. The molecular formula is C12H17N3O2. The Hall–Kier alpha value is -1.78. The van der Waals surface area contributed by atoms with E-state index in [0.29, 0.717) is 25.9 Å². The summed E-state index contributed by atoms with van der Waals surface area (Å²) < 4.78 is 1.95. The highest BCUT2D eigenvalue weighted by atomic mass is 16.2. The zero-order valence-corrected chi connectivity index (χ0v) is 9.90. The average Bonchev–Trinajstić information content (AvgIpc) is 2.73. The Morgan fingerprint density at radius 2 is 2.47 bits per heavy atom. The maximum atomic E-state index is 11.8. The molecule has 1 aromatic heterocycles. The van der Waals surface area contributed by atoms with Gasteiger partial charge in [0, 0.05) is 39.0 Å². The number of rotatable bonds is 3. The first-order valence-corrected chi connectivity index (χ1v) is 5.80. The molecule has 2 heterocycles. The SMILES string of the molecule is Cn1ccc(CNC(=O)C2CCC(=O)NC2)c1. The molecule has 1 fully saturated rings. The first-order valence-electron chi connectivity index (χ1n) is 5.80. The Kier molecular flexibility index (Phi) is 3.46. The summed E-state index contributed by atoms with van der Waals surface area (Å²) in [5.41, 5.74) is 1.08. The number of nitrogens with zero attached hydrogens (tertiary/aromatic N) is 1. The van der Waals surface area contributed by atoms with E-state index >= 15 is 0 Å². The van der Waals surface area contributed by atoms with E-state index in [1.165, 1.54) is 0 Å². The number of aryl methyl sites for hydroxylation is 1. The fourth-order valence-corrected chi connectivity index (χ4v) is 1.96. The van der Waals surface area contributed by atoms with E-state index in [4.69, 9.17) is 0 Å². The Morgan fingerprint density at radius 3 is 3.06 bits per heavy atom. The molecule has 5 heteroatoms. The molecule has 0 saturated carbocycles. The van der Waals surface area contributed by atoms with Crippen LogP contribution in [0.3, 0.4) is 0 Å². The van der Waals surface area contributed by atoms with Crippen molar-refractivity contribution in [2.24, 2.45) is 13.0 Å². The van der Waals surface area contributed by atoms with Crippen LogP contribution in [0.5, 0.6) is 0 Å². The molecule has 2 N–H and O–H groups in total. The molecule has 0 aromatic carbocycles. The lowest BCUT2D eigenvalue weighted by Gasteiger charge is -2.21. The van der Waals surface area contributed by atoms with E-state index in [9.17, 15) is 9.59 Å². The van der Waals surface area contributed by atoms with Gasteiger partial charge in [0.25, 0.3) is 0 Å². The third kappa shape index (κ3) is 3.09. The molecule has 92 valence electrons. The lowest BCUT2D eigenvalue weighted by Crippen LogP contribution is -2.42. The van der Waals surface area contributed by atoms with Gasteiger partial charge >= 0.3 is 0 Å². The van der Waals surface area contributed by atoms with Crippen LogP contribution >= 0.6 is 0 Å². The monoisotopic (exact) mass is 235 g/mol. The van der Waals surface area contributed by atoms with E-state index < -0.39 is 0 Å². The first kappa shape index (κ1) is 11.7. The number of nitrogens with one attached hydrogen (secondary N) is 2. The Labute approximate surface area is 100 Å². The zero-order chi connectivity index (χ0) is 12.3. The van der Waals surface area contributed by atoms with Gasteiger partial charge in [-0.2, -0.15) is 0 Å². The molecule has 1 aliphatic rings. The van der Waals surface area contributed by atoms with Gasteiger partial charge in [0.1, 0.15) is 0 Å². The summed E-state index contributed by atoms with van der Waals surface area (Å²) in [6.07, 6.45) is 5.02. The molecule has 0 aliphatic carbocycles. The second kappa shape index (κ2) is 5.03. The minimum absolute atomic E-state index is 0.0221. The van der Waals surface area contributed by atoms with Crippen LogP contribution in [0, 0.1) is 5.92 Å². The zero-order valence-electron chi connectivity index (χ0n) is 9.90. The lowest BCUT2D eigenvalue weighted by atomic mass is 9.98. The molecule has 1 saturated heterocycles. The molecule has 0 spiro atoms. The van der Waals surface area contributed by atoms with Gasteiger partial charge in [0.2, 0.25) is 11.8 Å².